The fourth-order valence-corrected chi connectivity index (χ4v) is 8.55. The number of morpholine rings is 1. The number of pyridine rings is 1. The van der Waals surface area contributed by atoms with Gasteiger partial charge in [-0.05, 0) is 62.8 Å². The lowest BCUT2D eigenvalue weighted by atomic mass is 9.81. The number of aromatic nitrogens is 3. The number of hydrogen-bond acceptors (Lipinski definition) is 9. The number of fused-ring (bicyclic) bond motifs is 2. The molecule has 4 fully saturated rings. The van der Waals surface area contributed by atoms with Crippen molar-refractivity contribution in [2.24, 2.45) is 5.92 Å². The second kappa shape index (κ2) is 12.9. The van der Waals surface area contributed by atoms with Crippen LogP contribution in [-0.2, 0) is 19.6 Å². The molecule has 13 heteroatoms. The molecule has 3 aromatic rings. The minimum atomic E-state index is -3.88. The number of amides is 2. The van der Waals surface area contributed by atoms with Gasteiger partial charge >= 0.3 is 0 Å². The van der Waals surface area contributed by atoms with Gasteiger partial charge in [0.15, 0.2) is 5.65 Å². The van der Waals surface area contributed by atoms with E-state index in [1.54, 1.807) is 17.7 Å². The summed E-state index contributed by atoms with van der Waals surface area (Å²) in [5.41, 5.74) is 3.28. The molecular formula is C33H43N7O5S. The van der Waals surface area contributed by atoms with Crippen LogP contribution >= 0.6 is 0 Å². The van der Waals surface area contributed by atoms with Crippen molar-refractivity contribution in [2.45, 2.75) is 57.4 Å². The Labute approximate surface area is 270 Å². The van der Waals surface area contributed by atoms with Crippen LogP contribution < -0.4 is 9.62 Å². The van der Waals surface area contributed by atoms with Crippen LogP contribution in [0.3, 0.4) is 0 Å². The van der Waals surface area contributed by atoms with Gasteiger partial charge in [0.1, 0.15) is 5.69 Å². The van der Waals surface area contributed by atoms with Gasteiger partial charge in [0.25, 0.3) is 5.91 Å². The number of nitrogens with zero attached hydrogens (tertiary/aromatic N) is 6. The fraction of sp³-hybridized carbons (Fsp3) is 0.576. The van der Waals surface area contributed by atoms with Crippen molar-refractivity contribution in [3.63, 3.8) is 0 Å². The van der Waals surface area contributed by atoms with Crippen LogP contribution in [0.4, 0.5) is 5.69 Å². The number of likely N-dealkylation sites (tertiary alicyclic amines) is 1. The first kappa shape index (κ1) is 31.1. The molecule has 3 saturated heterocycles. The highest BCUT2D eigenvalue weighted by atomic mass is 32.2. The molecule has 12 nitrogen and oxygen atoms in total. The summed E-state index contributed by atoms with van der Waals surface area (Å²) in [5, 5.41) is 6.04. The Kier molecular flexibility index (Phi) is 8.73. The van der Waals surface area contributed by atoms with Crippen LogP contribution in [0.25, 0.3) is 16.7 Å². The lowest BCUT2D eigenvalue weighted by Gasteiger charge is -2.39. The molecule has 246 valence electrons. The number of nitrogens with one attached hydrogen (secondary N) is 1. The van der Waals surface area contributed by atoms with E-state index >= 15 is 0 Å². The molecule has 5 heterocycles. The third kappa shape index (κ3) is 6.24. The smallest absolute Gasteiger partial charge is 0.283 e. The van der Waals surface area contributed by atoms with Crippen LogP contribution in [0.2, 0.25) is 0 Å². The first-order valence-electron chi connectivity index (χ1n) is 16.6. The molecule has 0 unspecified atom stereocenters. The highest BCUT2D eigenvalue weighted by Crippen LogP contribution is 2.44. The molecule has 2 amide bonds. The molecule has 1 aliphatic carbocycles. The SMILES string of the molecule is CC(=O)N1CC[C@@H]2CN(c3cc(C(=O)NS(=O)(=O)CCCN4CCOCC4)nc4c3c(C3CCC3)nn4-c3ccccc3)CC[C@@H]21. The van der Waals surface area contributed by atoms with Gasteiger partial charge in [0, 0.05) is 51.6 Å². The van der Waals surface area contributed by atoms with Gasteiger partial charge in [-0.3, -0.25) is 14.5 Å². The van der Waals surface area contributed by atoms with Crippen LogP contribution in [-0.4, -0.2) is 109 Å². The summed E-state index contributed by atoms with van der Waals surface area (Å²) < 4.78 is 35.7. The molecule has 4 aliphatic rings. The molecule has 2 aromatic heterocycles. The Morgan fingerprint density at radius 1 is 1.02 bits per heavy atom. The van der Waals surface area contributed by atoms with Gasteiger partial charge in [-0.1, -0.05) is 24.6 Å². The van der Waals surface area contributed by atoms with E-state index in [1.165, 1.54) is 0 Å². The van der Waals surface area contributed by atoms with E-state index < -0.39 is 15.9 Å². The zero-order valence-corrected chi connectivity index (χ0v) is 27.3. The summed E-state index contributed by atoms with van der Waals surface area (Å²) in [7, 11) is -3.88. The number of carbonyl (C=O) groups excluding carboxylic acids is 2. The predicted octanol–water partition coefficient (Wildman–Crippen LogP) is 2.92. The van der Waals surface area contributed by atoms with Crippen LogP contribution in [0, 0.1) is 5.92 Å². The lowest BCUT2D eigenvalue weighted by Crippen LogP contribution is -2.47. The average molecular weight is 650 g/mol. The topological polar surface area (TPSA) is 130 Å². The third-order valence-electron chi connectivity index (χ3n) is 10.2. The maximum absolute atomic E-state index is 13.7. The minimum Gasteiger partial charge on any atom is -0.379 e. The number of rotatable bonds is 9. The molecule has 2 atom stereocenters. The zero-order valence-electron chi connectivity index (χ0n) is 26.4. The Hall–Kier alpha value is -3.55. The van der Waals surface area contributed by atoms with Crippen molar-refractivity contribution in [1.29, 1.82) is 0 Å². The van der Waals surface area contributed by atoms with Gasteiger partial charge < -0.3 is 14.5 Å². The van der Waals surface area contributed by atoms with E-state index in [-0.39, 0.29) is 23.4 Å². The molecule has 7 rings (SSSR count). The first-order chi connectivity index (χ1) is 22.3. The second-order valence-electron chi connectivity index (χ2n) is 13.1. The van der Waals surface area contributed by atoms with E-state index in [0.717, 1.165) is 80.7 Å². The molecule has 3 aliphatic heterocycles. The van der Waals surface area contributed by atoms with Crippen molar-refractivity contribution in [1.82, 2.24) is 29.3 Å². The van der Waals surface area contributed by atoms with Gasteiger partial charge in [0.2, 0.25) is 15.9 Å². The fourth-order valence-electron chi connectivity index (χ4n) is 7.55. The van der Waals surface area contributed by atoms with Crippen LogP contribution in [0.5, 0.6) is 0 Å². The monoisotopic (exact) mass is 649 g/mol. The zero-order chi connectivity index (χ0) is 31.8. The largest absolute Gasteiger partial charge is 0.379 e. The standard InChI is InChI=1S/C33H43N7O5S/c1-23(41)39-15-11-25-22-38(14-12-28(25)39)29-21-27(33(42)36-46(43,44)20-6-13-37-16-18-45-19-17-37)34-32-30(29)31(24-7-5-8-24)35-40(32)26-9-3-2-4-10-26/h2-4,9-10,21,24-25,28H,5-8,11-20,22H2,1H3,(H,36,42)/t25-,28+/m1/s1. The Balaban J connectivity index is 1.23. The molecule has 1 saturated carbocycles. The molecular weight excluding hydrogens is 606 g/mol. The molecule has 46 heavy (non-hydrogen) atoms. The first-order valence-corrected chi connectivity index (χ1v) is 18.3. The van der Waals surface area contributed by atoms with Crippen molar-refractivity contribution in [3.8, 4) is 5.69 Å². The number of carbonyl (C=O) groups is 2. The van der Waals surface area contributed by atoms with Gasteiger partial charge in [-0.25, -0.2) is 22.8 Å². The summed E-state index contributed by atoms with van der Waals surface area (Å²) in [4.78, 5) is 37.3. The van der Waals surface area contributed by atoms with E-state index in [1.807, 2.05) is 35.2 Å². The summed E-state index contributed by atoms with van der Waals surface area (Å²) >= 11 is 0. The summed E-state index contributed by atoms with van der Waals surface area (Å²) in [6.45, 7) is 7.35. The number of para-hydroxylation sites is 1. The number of anilines is 1. The van der Waals surface area contributed by atoms with E-state index in [4.69, 9.17) is 14.8 Å². The van der Waals surface area contributed by atoms with E-state index in [0.29, 0.717) is 50.2 Å². The third-order valence-corrected chi connectivity index (χ3v) is 11.5. The molecule has 0 bridgehead atoms. The Morgan fingerprint density at radius 2 is 1.80 bits per heavy atom. The maximum atomic E-state index is 13.7. The number of piperidine rings is 1. The normalized spacial score (nSPS) is 22.5. The van der Waals surface area contributed by atoms with Gasteiger partial charge in [0.05, 0.1) is 41.4 Å². The van der Waals surface area contributed by atoms with E-state index in [2.05, 4.69) is 14.5 Å². The summed E-state index contributed by atoms with van der Waals surface area (Å²) in [5.74, 6) is -0.147. The quantitative estimate of drug-likeness (QED) is 0.372. The summed E-state index contributed by atoms with van der Waals surface area (Å²) in [6.07, 6.45) is 5.42. The number of hydrogen-bond donors (Lipinski definition) is 1. The maximum Gasteiger partial charge on any atom is 0.283 e. The Morgan fingerprint density at radius 3 is 2.52 bits per heavy atom. The van der Waals surface area contributed by atoms with E-state index in [9.17, 15) is 18.0 Å². The number of ether oxygens (including phenoxy) is 1. The highest BCUT2D eigenvalue weighted by molar-refractivity contribution is 7.90. The van der Waals surface area contributed by atoms with Crippen molar-refractivity contribution >= 4 is 38.6 Å². The number of benzene rings is 1. The van der Waals surface area contributed by atoms with Crippen LogP contribution in [0.15, 0.2) is 36.4 Å². The van der Waals surface area contributed by atoms with Crippen molar-refractivity contribution in [3.05, 3.63) is 47.8 Å². The Bertz CT molecular complexity index is 1700. The predicted molar refractivity (Wildman–Crippen MR) is 175 cm³/mol. The number of sulfonamides is 1. The minimum absolute atomic E-state index is 0.0513. The molecule has 0 radical (unpaired) electrons. The van der Waals surface area contributed by atoms with Gasteiger partial charge in [-0.15, -0.1) is 0 Å². The van der Waals surface area contributed by atoms with Gasteiger partial charge in [-0.2, -0.15) is 5.10 Å². The van der Waals surface area contributed by atoms with Crippen molar-refractivity contribution < 1.29 is 22.7 Å². The second-order valence-corrected chi connectivity index (χ2v) is 14.9. The molecule has 0 spiro atoms. The molecule has 1 N–H and O–H groups in total. The van der Waals surface area contributed by atoms with Crippen LogP contribution in [0.1, 0.15) is 67.5 Å². The highest BCUT2D eigenvalue weighted by Gasteiger charge is 2.41. The summed E-state index contributed by atoms with van der Waals surface area (Å²) in [6, 6.07) is 11.7. The van der Waals surface area contributed by atoms with Crippen molar-refractivity contribution in [2.75, 3.05) is 63.1 Å². The lowest BCUT2D eigenvalue weighted by molar-refractivity contribution is -0.130. The molecule has 1 aromatic carbocycles. The average Bonchev–Trinajstić information content (AvgIpc) is 3.62.